The zero-order valence-electron chi connectivity index (χ0n) is 13.0. The number of ether oxygens (including phenoxy) is 1. The molecule has 1 rings (SSSR count). The molecule has 3 N–H and O–H groups in total. The molecule has 0 saturated heterocycles. The van der Waals surface area contributed by atoms with Crippen LogP contribution in [0.15, 0.2) is 18.2 Å². The molecule has 0 unspecified atom stereocenters. The van der Waals surface area contributed by atoms with Crippen molar-refractivity contribution in [2.24, 2.45) is 5.73 Å². The number of para-hydroxylation sites is 1. The molecule has 0 aliphatic rings. The maximum atomic E-state index is 11.9. The van der Waals surface area contributed by atoms with Crippen molar-refractivity contribution in [2.45, 2.75) is 46.1 Å². The van der Waals surface area contributed by atoms with E-state index in [2.05, 4.69) is 5.32 Å². The van der Waals surface area contributed by atoms with E-state index in [0.717, 1.165) is 29.7 Å². The number of carbonyl (C=O) groups excluding carboxylic acids is 1. The van der Waals surface area contributed by atoms with Crippen LogP contribution in [0.2, 0.25) is 0 Å². The first-order chi connectivity index (χ1) is 9.39. The van der Waals surface area contributed by atoms with Gasteiger partial charge in [0.1, 0.15) is 5.75 Å². The Kier molecular flexibility index (Phi) is 6.02. The lowest BCUT2D eigenvalue weighted by atomic mass is 10.0. The van der Waals surface area contributed by atoms with Crippen LogP contribution in [0.5, 0.6) is 5.75 Å². The summed E-state index contributed by atoms with van der Waals surface area (Å²) in [5, 5.41) is 2.96. The van der Waals surface area contributed by atoms with E-state index in [-0.39, 0.29) is 18.1 Å². The van der Waals surface area contributed by atoms with Crippen molar-refractivity contribution >= 4 is 5.91 Å². The van der Waals surface area contributed by atoms with E-state index in [4.69, 9.17) is 10.5 Å². The Hall–Kier alpha value is -1.55. The van der Waals surface area contributed by atoms with Gasteiger partial charge in [0, 0.05) is 5.54 Å². The van der Waals surface area contributed by atoms with Crippen LogP contribution in [-0.4, -0.2) is 24.6 Å². The number of rotatable bonds is 7. The molecule has 0 bridgehead atoms. The lowest BCUT2D eigenvalue weighted by Crippen LogP contribution is -2.45. The standard InChI is InChI=1S/C16H26N2O2/c1-5-16(3,4)18-14(19)11-20-15-12(2)7-6-8-13(15)9-10-17/h6-8H,5,9-11,17H2,1-4H3,(H,18,19). The highest BCUT2D eigenvalue weighted by Crippen LogP contribution is 2.23. The Balaban J connectivity index is 2.68. The van der Waals surface area contributed by atoms with Gasteiger partial charge in [-0.25, -0.2) is 0 Å². The van der Waals surface area contributed by atoms with Crippen LogP contribution in [0.3, 0.4) is 0 Å². The molecule has 0 radical (unpaired) electrons. The maximum absolute atomic E-state index is 11.9. The van der Waals surface area contributed by atoms with Crippen molar-refractivity contribution in [3.05, 3.63) is 29.3 Å². The van der Waals surface area contributed by atoms with Gasteiger partial charge in [-0.2, -0.15) is 0 Å². The van der Waals surface area contributed by atoms with Gasteiger partial charge in [0.25, 0.3) is 5.91 Å². The highest BCUT2D eigenvalue weighted by Gasteiger charge is 2.18. The maximum Gasteiger partial charge on any atom is 0.258 e. The number of hydrogen-bond donors (Lipinski definition) is 2. The van der Waals surface area contributed by atoms with Gasteiger partial charge in [-0.1, -0.05) is 25.1 Å². The van der Waals surface area contributed by atoms with Crippen molar-refractivity contribution in [1.29, 1.82) is 0 Å². The minimum absolute atomic E-state index is 0.0336. The third-order valence-electron chi connectivity index (χ3n) is 3.42. The van der Waals surface area contributed by atoms with Gasteiger partial charge >= 0.3 is 0 Å². The van der Waals surface area contributed by atoms with Crippen LogP contribution in [-0.2, 0) is 11.2 Å². The highest BCUT2D eigenvalue weighted by molar-refractivity contribution is 5.78. The van der Waals surface area contributed by atoms with Crippen molar-refractivity contribution in [3.63, 3.8) is 0 Å². The molecule has 4 nitrogen and oxygen atoms in total. The Labute approximate surface area is 121 Å². The lowest BCUT2D eigenvalue weighted by molar-refractivity contribution is -0.124. The van der Waals surface area contributed by atoms with Gasteiger partial charge in [0.05, 0.1) is 0 Å². The molecule has 0 spiro atoms. The lowest BCUT2D eigenvalue weighted by Gasteiger charge is -2.24. The Morgan fingerprint density at radius 3 is 2.70 bits per heavy atom. The zero-order chi connectivity index (χ0) is 15.2. The van der Waals surface area contributed by atoms with E-state index in [0.29, 0.717) is 6.54 Å². The number of hydrogen-bond acceptors (Lipinski definition) is 3. The number of carbonyl (C=O) groups is 1. The summed E-state index contributed by atoms with van der Waals surface area (Å²) in [6, 6.07) is 5.94. The fraction of sp³-hybridized carbons (Fsp3) is 0.562. The summed E-state index contributed by atoms with van der Waals surface area (Å²) in [5.74, 6) is 0.682. The van der Waals surface area contributed by atoms with Crippen LogP contribution in [0.1, 0.15) is 38.3 Å². The van der Waals surface area contributed by atoms with Crippen LogP contribution in [0, 0.1) is 6.92 Å². The molecule has 0 saturated carbocycles. The number of benzene rings is 1. The first kappa shape index (κ1) is 16.5. The van der Waals surface area contributed by atoms with Crippen LogP contribution >= 0.6 is 0 Å². The molecule has 0 heterocycles. The van der Waals surface area contributed by atoms with E-state index in [1.165, 1.54) is 0 Å². The summed E-state index contributed by atoms with van der Waals surface area (Å²) in [7, 11) is 0. The second-order valence-electron chi connectivity index (χ2n) is 5.68. The van der Waals surface area contributed by atoms with Crippen LogP contribution in [0.25, 0.3) is 0 Å². The molecule has 1 amide bonds. The summed E-state index contributed by atoms with van der Waals surface area (Å²) in [5.41, 5.74) is 7.48. The fourth-order valence-corrected chi connectivity index (χ4v) is 1.91. The van der Waals surface area contributed by atoms with Gasteiger partial charge < -0.3 is 15.8 Å². The molecule has 0 fully saturated rings. The van der Waals surface area contributed by atoms with Gasteiger partial charge in [0.15, 0.2) is 6.61 Å². The van der Waals surface area contributed by atoms with E-state index >= 15 is 0 Å². The SMILES string of the molecule is CCC(C)(C)NC(=O)COc1c(C)cccc1CCN. The largest absolute Gasteiger partial charge is 0.483 e. The first-order valence-electron chi connectivity index (χ1n) is 7.12. The molecule has 4 heteroatoms. The number of nitrogens with one attached hydrogen (secondary N) is 1. The van der Waals surface area contributed by atoms with E-state index < -0.39 is 0 Å². The Morgan fingerprint density at radius 1 is 1.40 bits per heavy atom. The van der Waals surface area contributed by atoms with Crippen molar-refractivity contribution in [2.75, 3.05) is 13.2 Å². The van der Waals surface area contributed by atoms with Crippen molar-refractivity contribution in [1.82, 2.24) is 5.32 Å². The Bertz CT molecular complexity index is 456. The molecule has 1 aromatic carbocycles. The quantitative estimate of drug-likeness (QED) is 0.803. The molecule has 0 atom stereocenters. The molecule has 0 aliphatic carbocycles. The topological polar surface area (TPSA) is 64.3 Å². The minimum Gasteiger partial charge on any atom is -0.483 e. The first-order valence-corrected chi connectivity index (χ1v) is 7.12. The third kappa shape index (κ3) is 4.85. The highest BCUT2D eigenvalue weighted by atomic mass is 16.5. The summed E-state index contributed by atoms with van der Waals surface area (Å²) in [4.78, 5) is 11.9. The van der Waals surface area contributed by atoms with E-state index in [9.17, 15) is 4.79 Å². The molecule has 0 aromatic heterocycles. The second kappa shape index (κ2) is 7.29. The molecule has 0 aliphatic heterocycles. The number of amides is 1. The van der Waals surface area contributed by atoms with Crippen LogP contribution < -0.4 is 15.8 Å². The molecule has 20 heavy (non-hydrogen) atoms. The normalized spacial score (nSPS) is 11.2. The number of nitrogens with two attached hydrogens (primary N) is 1. The summed E-state index contributed by atoms with van der Waals surface area (Å²) < 4.78 is 5.71. The van der Waals surface area contributed by atoms with Crippen molar-refractivity contribution < 1.29 is 9.53 Å². The molecular formula is C16H26N2O2. The minimum atomic E-state index is -0.202. The van der Waals surface area contributed by atoms with Crippen molar-refractivity contribution in [3.8, 4) is 5.75 Å². The number of aryl methyl sites for hydroxylation is 1. The summed E-state index contributed by atoms with van der Waals surface area (Å²) in [6.45, 7) is 8.61. The van der Waals surface area contributed by atoms with Crippen LogP contribution in [0.4, 0.5) is 0 Å². The molecular weight excluding hydrogens is 252 g/mol. The van der Waals surface area contributed by atoms with Gasteiger partial charge in [0.2, 0.25) is 0 Å². The zero-order valence-corrected chi connectivity index (χ0v) is 13.0. The second-order valence-corrected chi connectivity index (χ2v) is 5.68. The van der Waals surface area contributed by atoms with E-state index in [1.54, 1.807) is 0 Å². The molecule has 112 valence electrons. The Morgan fingerprint density at radius 2 is 2.10 bits per heavy atom. The van der Waals surface area contributed by atoms with Gasteiger partial charge in [-0.15, -0.1) is 0 Å². The fourth-order valence-electron chi connectivity index (χ4n) is 1.91. The average molecular weight is 278 g/mol. The van der Waals surface area contributed by atoms with Gasteiger partial charge in [-0.3, -0.25) is 4.79 Å². The molecule has 1 aromatic rings. The summed E-state index contributed by atoms with van der Waals surface area (Å²) >= 11 is 0. The predicted octanol–water partition coefficient (Wildman–Crippen LogP) is 2.18. The third-order valence-corrected chi connectivity index (χ3v) is 3.42. The summed E-state index contributed by atoms with van der Waals surface area (Å²) in [6.07, 6.45) is 1.63. The van der Waals surface area contributed by atoms with E-state index in [1.807, 2.05) is 45.9 Å². The smallest absolute Gasteiger partial charge is 0.258 e. The average Bonchev–Trinajstić information content (AvgIpc) is 2.38. The monoisotopic (exact) mass is 278 g/mol. The predicted molar refractivity (Wildman–Crippen MR) is 81.9 cm³/mol. The van der Waals surface area contributed by atoms with Gasteiger partial charge in [-0.05, 0) is 51.3 Å².